The second kappa shape index (κ2) is 10.0. The van der Waals surface area contributed by atoms with E-state index >= 15 is 0 Å². The molecule has 0 fully saturated rings. The van der Waals surface area contributed by atoms with E-state index in [1.54, 1.807) is 10.8 Å². The molecule has 2 aromatic heterocycles. The molecular weight excluding hydrogens is 422 g/mol. The van der Waals surface area contributed by atoms with E-state index < -0.39 is 0 Å². The van der Waals surface area contributed by atoms with Gasteiger partial charge in [-0.3, -0.25) is 14.5 Å². The highest BCUT2D eigenvalue weighted by Crippen LogP contribution is 2.18. The summed E-state index contributed by atoms with van der Waals surface area (Å²) in [5.74, 6) is 0.934. The van der Waals surface area contributed by atoms with E-state index in [4.69, 9.17) is 17.0 Å². The van der Waals surface area contributed by atoms with Crippen LogP contribution in [0.4, 0.5) is 0 Å². The molecule has 8 heteroatoms. The van der Waals surface area contributed by atoms with E-state index in [0.717, 1.165) is 22.3 Å². The minimum Gasteiger partial charge on any atom is -0.473 e. The van der Waals surface area contributed by atoms with Crippen molar-refractivity contribution in [3.63, 3.8) is 0 Å². The number of hydrogen-bond donors (Lipinski definition) is 2. The van der Waals surface area contributed by atoms with Gasteiger partial charge in [0.25, 0.3) is 0 Å². The first-order chi connectivity index (χ1) is 15.6. The van der Waals surface area contributed by atoms with Crippen molar-refractivity contribution in [3.8, 4) is 17.3 Å². The molecule has 0 aliphatic heterocycles. The highest BCUT2D eigenvalue weighted by molar-refractivity contribution is 7.71. The van der Waals surface area contributed by atoms with Crippen LogP contribution in [-0.2, 0) is 24.5 Å². The number of H-pyrrole nitrogens is 1. The molecule has 0 radical (unpaired) electrons. The second-order valence-electron chi connectivity index (χ2n) is 7.32. The van der Waals surface area contributed by atoms with E-state index in [2.05, 4.69) is 20.5 Å². The summed E-state index contributed by atoms with van der Waals surface area (Å²) in [7, 11) is 0. The molecule has 32 heavy (non-hydrogen) atoms. The van der Waals surface area contributed by atoms with E-state index in [9.17, 15) is 4.79 Å². The average Bonchev–Trinajstić information content (AvgIpc) is 3.18. The number of aromatic amines is 1. The molecule has 0 aliphatic rings. The minimum atomic E-state index is -0.186. The Labute approximate surface area is 191 Å². The summed E-state index contributed by atoms with van der Waals surface area (Å²) >= 11 is 5.33. The first-order valence-electron chi connectivity index (χ1n) is 10.2. The van der Waals surface area contributed by atoms with E-state index in [-0.39, 0.29) is 12.5 Å². The number of amides is 1. The highest BCUT2D eigenvalue weighted by Gasteiger charge is 2.13. The maximum atomic E-state index is 12.7. The number of hydrogen-bond acceptors (Lipinski definition) is 5. The van der Waals surface area contributed by atoms with Crippen LogP contribution in [0.25, 0.3) is 11.4 Å². The molecule has 0 aliphatic carbocycles. The predicted molar refractivity (Wildman–Crippen MR) is 124 cm³/mol. The van der Waals surface area contributed by atoms with Gasteiger partial charge in [0.1, 0.15) is 13.2 Å². The second-order valence-corrected chi connectivity index (χ2v) is 7.71. The third kappa shape index (κ3) is 5.28. The third-order valence-corrected chi connectivity index (χ3v) is 5.23. The molecule has 1 amide bonds. The van der Waals surface area contributed by atoms with Gasteiger partial charge < -0.3 is 10.1 Å². The van der Waals surface area contributed by atoms with Crippen LogP contribution >= 0.6 is 12.2 Å². The summed E-state index contributed by atoms with van der Waals surface area (Å²) < 4.78 is 7.95. The van der Waals surface area contributed by atoms with Crippen molar-refractivity contribution in [2.24, 2.45) is 0 Å². The fourth-order valence-electron chi connectivity index (χ4n) is 3.20. The number of aromatic nitrogens is 4. The van der Waals surface area contributed by atoms with E-state index in [1.165, 1.54) is 0 Å². The van der Waals surface area contributed by atoms with Gasteiger partial charge in [0, 0.05) is 23.9 Å². The number of nitrogens with zero attached hydrogens (tertiary/aromatic N) is 3. The summed E-state index contributed by atoms with van der Waals surface area (Å²) in [5.41, 5.74) is 3.88. The van der Waals surface area contributed by atoms with Crippen LogP contribution in [-0.4, -0.2) is 25.7 Å². The molecule has 2 aromatic carbocycles. The van der Waals surface area contributed by atoms with Gasteiger partial charge in [-0.2, -0.15) is 5.10 Å². The lowest BCUT2D eigenvalue weighted by Crippen LogP contribution is -2.27. The molecule has 4 aromatic rings. The average molecular weight is 446 g/mol. The minimum absolute atomic E-state index is 0.0546. The molecule has 0 saturated carbocycles. The van der Waals surface area contributed by atoms with Crippen LogP contribution < -0.4 is 10.1 Å². The maximum absolute atomic E-state index is 12.7. The lowest BCUT2D eigenvalue weighted by molar-refractivity contribution is -0.121. The molecule has 0 unspecified atom stereocenters. The van der Waals surface area contributed by atoms with Crippen molar-refractivity contribution < 1.29 is 9.53 Å². The van der Waals surface area contributed by atoms with Crippen LogP contribution in [0.15, 0.2) is 72.9 Å². The standard InChI is InChI=1S/C24H23N5O2S/c1-17-9-11-19(12-10-17)22-27-28-24(32)29(22)15-21(30)26-14-20-8-5-13-25-23(20)31-16-18-6-3-2-4-7-18/h2-13H,14-16H2,1H3,(H,26,30)(H,28,32). The Morgan fingerprint density at radius 1 is 1.09 bits per heavy atom. The molecule has 0 saturated heterocycles. The highest BCUT2D eigenvalue weighted by atomic mass is 32.1. The van der Waals surface area contributed by atoms with Gasteiger partial charge in [-0.25, -0.2) is 4.98 Å². The number of carbonyl (C=O) groups excluding carboxylic acids is 1. The summed E-state index contributed by atoms with van der Waals surface area (Å²) in [4.78, 5) is 17.0. The Morgan fingerprint density at radius 2 is 1.88 bits per heavy atom. The first-order valence-corrected chi connectivity index (χ1v) is 10.6. The maximum Gasteiger partial charge on any atom is 0.240 e. The number of nitrogens with one attached hydrogen (secondary N) is 2. The smallest absolute Gasteiger partial charge is 0.240 e. The number of pyridine rings is 1. The number of ether oxygens (including phenoxy) is 1. The van der Waals surface area contributed by atoms with Crippen LogP contribution in [0.3, 0.4) is 0 Å². The Morgan fingerprint density at radius 3 is 2.66 bits per heavy atom. The van der Waals surface area contributed by atoms with Crippen molar-refractivity contribution in [1.82, 2.24) is 25.1 Å². The van der Waals surface area contributed by atoms with E-state index in [1.807, 2.05) is 73.7 Å². The third-order valence-electron chi connectivity index (χ3n) is 4.91. The summed E-state index contributed by atoms with van der Waals surface area (Å²) in [6.07, 6.45) is 1.67. The number of rotatable bonds is 8. The number of carbonyl (C=O) groups is 1. The Hall–Kier alpha value is -3.78. The van der Waals surface area contributed by atoms with Gasteiger partial charge in [0.15, 0.2) is 10.6 Å². The Kier molecular flexibility index (Phi) is 6.72. The number of benzene rings is 2. The largest absolute Gasteiger partial charge is 0.473 e. The molecule has 7 nitrogen and oxygen atoms in total. The van der Waals surface area contributed by atoms with Gasteiger partial charge in [-0.15, -0.1) is 0 Å². The van der Waals surface area contributed by atoms with Gasteiger partial charge >= 0.3 is 0 Å². The topological polar surface area (TPSA) is 84.8 Å². The predicted octanol–water partition coefficient (Wildman–Crippen LogP) is 4.21. The molecular formula is C24H23N5O2S. The van der Waals surface area contributed by atoms with Crippen molar-refractivity contribution >= 4 is 18.1 Å². The zero-order chi connectivity index (χ0) is 22.3. The van der Waals surface area contributed by atoms with Crippen molar-refractivity contribution in [3.05, 3.63) is 94.4 Å². The normalized spacial score (nSPS) is 10.7. The summed E-state index contributed by atoms with van der Waals surface area (Å²) in [6, 6.07) is 21.5. The zero-order valence-corrected chi connectivity index (χ0v) is 18.4. The molecule has 162 valence electrons. The van der Waals surface area contributed by atoms with Crippen molar-refractivity contribution in [2.75, 3.05) is 0 Å². The van der Waals surface area contributed by atoms with Gasteiger partial charge in [-0.1, -0.05) is 66.2 Å². The molecule has 0 spiro atoms. The Balaban J connectivity index is 1.41. The summed E-state index contributed by atoms with van der Waals surface area (Å²) in [6.45, 7) is 2.77. The molecule has 0 bridgehead atoms. The van der Waals surface area contributed by atoms with Crippen molar-refractivity contribution in [2.45, 2.75) is 26.6 Å². The fraction of sp³-hybridized carbons (Fsp3) is 0.167. The SMILES string of the molecule is Cc1ccc(-c2n[nH]c(=S)n2CC(=O)NCc2cccnc2OCc2ccccc2)cc1. The van der Waals surface area contributed by atoms with Gasteiger partial charge in [-0.05, 0) is 30.8 Å². The monoisotopic (exact) mass is 445 g/mol. The van der Waals surface area contributed by atoms with Gasteiger partial charge in [0.05, 0.1) is 0 Å². The number of aryl methyl sites for hydroxylation is 1. The van der Waals surface area contributed by atoms with Gasteiger partial charge in [0.2, 0.25) is 11.8 Å². The lowest BCUT2D eigenvalue weighted by Gasteiger charge is -2.12. The van der Waals surface area contributed by atoms with Crippen LogP contribution in [0.2, 0.25) is 0 Å². The van der Waals surface area contributed by atoms with Crippen LogP contribution in [0, 0.1) is 11.7 Å². The van der Waals surface area contributed by atoms with Crippen LogP contribution in [0.5, 0.6) is 5.88 Å². The lowest BCUT2D eigenvalue weighted by atomic mass is 10.1. The molecule has 4 rings (SSSR count). The Bertz CT molecular complexity index is 1250. The first kappa shape index (κ1) is 21.5. The van der Waals surface area contributed by atoms with Crippen molar-refractivity contribution in [1.29, 1.82) is 0 Å². The fourth-order valence-corrected chi connectivity index (χ4v) is 3.39. The van der Waals surface area contributed by atoms with Crippen LogP contribution in [0.1, 0.15) is 16.7 Å². The zero-order valence-electron chi connectivity index (χ0n) is 17.6. The van der Waals surface area contributed by atoms with E-state index in [0.29, 0.717) is 29.6 Å². The molecule has 2 heterocycles. The molecule has 2 N–H and O–H groups in total. The quantitative estimate of drug-likeness (QED) is 0.397. The molecule has 0 atom stereocenters. The summed E-state index contributed by atoms with van der Waals surface area (Å²) in [5, 5.41) is 9.99.